The van der Waals surface area contributed by atoms with E-state index in [1.165, 1.54) is 6.92 Å². The molecule has 2 aromatic heterocycles. The van der Waals surface area contributed by atoms with E-state index in [1.807, 2.05) is 23.6 Å². The average molecular weight is 568 g/mol. The van der Waals surface area contributed by atoms with Crippen molar-refractivity contribution in [3.63, 3.8) is 0 Å². The van der Waals surface area contributed by atoms with Crippen molar-refractivity contribution in [2.24, 2.45) is 5.92 Å². The Balaban J connectivity index is 1.43. The number of rotatable bonds is 10. The molecule has 1 fully saturated rings. The molecule has 14 heteroatoms. The minimum atomic E-state index is -3.95. The lowest BCUT2D eigenvalue weighted by molar-refractivity contribution is -0.138. The standard InChI is InChI=1S/C21H27BrN7O5P/c1-12(20(30)31)27-35(32,34-16-6-4-14(22)5-7-16)33-10-13-8-15(9-13)29-11-24-17-18(28(2)3)25-21(23)26-19(17)29/h4-7,11-13,15H,8-10H2,1-3H3,(H,27,32)(H,30,31)(H2,23,25,26)/t12?,13-,15+,35?. The van der Waals surface area contributed by atoms with Crippen LogP contribution in [0.5, 0.6) is 5.75 Å². The summed E-state index contributed by atoms with van der Waals surface area (Å²) in [5, 5.41) is 11.7. The number of carboxylic acids is 1. The van der Waals surface area contributed by atoms with Crippen LogP contribution < -0.4 is 20.2 Å². The Bertz CT molecular complexity index is 1260. The molecule has 0 amide bonds. The van der Waals surface area contributed by atoms with Crippen molar-refractivity contribution in [1.82, 2.24) is 24.6 Å². The molecule has 12 nitrogen and oxygen atoms in total. The maximum atomic E-state index is 13.4. The largest absolute Gasteiger partial charge is 0.480 e. The maximum Gasteiger partial charge on any atom is 0.459 e. The quantitative estimate of drug-likeness (QED) is 0.308. The minimum Gasteiger partial charge on any atom is -0.480 e. The Morgan fingerprint density at radius 3 is 2.66 bits per heavy atom. The maximum absolute atomic E-state index is 13.4. The second-order valence-corrected chi connectivity index (χ2v) is 11.3. The van der Waals surface area contributed by atoms with Gasteiger partial charge in [-0.25, -0.2) is 9.55 Å². The van der Waals surface area contributed by atoms with Crippen LogP contribution in [0.15, 0.2) is 35.1 Å². The van der Waals surface area contributed by atoms with Gasteiger partial charge in [0, 0.05) is 24.6 Å². The van der Waals surface area contributed by atoms with Crippen LogP contribution in [0.4, 0.5) is 11.8 Å². The van der Waals surface area contributed by atoms with E-state index in [0.717, 1.165) is 17.3 Å². The molecule has 1 aromatic carbocycles. The Labute approximate surface area is 210 Å². The fourth-order valence-electron chi connectivity index (χ4n) is 3.78. The normalized spacial score (nSPS) is 20.1. The van der Waals surface area contributed by atoms with E-state index >= 15 is 0 Å². The number of nitrogens with zero attached hydrogens (tertiary/aromatic N) is 5. The Morgan fingerprint density at radius 2 is 2.03 bits per heavy atom. The van der Waals surface area contributed by atoms with Crippen molar-refractivity contribution in [1.29, 1.82) is 0 Å². The van der Waals surface area contributed by atoms with Crippen molar-refractivity contribution < 1.29 is 23.5 Å². The molecule has 1 aliphatic carbocycles. The molecule has 1 saturated carbocycles. The first kappa shape index (κ1) is 25.4. The molecule has 4 rings (SSSR count). The lowest BCUT2D eigenvalue weighted by Gasteiger charge is -2.36. The number of carbonyl (C=O) groups is 1. The predicted octanol–water partition coefficient (Wildman–Crippen LogP) is 3.45. The highest BCUT2D eigenvalue weighted by Gasteiger charge is 2.37. The van der Waals surface area contributed by atoms with Crippen molar-refractivity contribution in [3.8, 4) is 5.75 Å². The van der Waals surface area contributed by atoms with Crippen LogP contribution in [0.3, 0.4) is 0 Å². The molecule has 0 aliphatic heterocycles. The summed E-state index contributed by atoms with van der Waals surface area (Å²) in [4.78, 5) is 26.3. The molecule has 3 aromatic rings. The number of halogens is 1. The lowest BCUT2D eigenvalue weighted by atomic mass is 9.81. The van der Waals surface area contributed by atoms with Crippen molar-refractivity contribution >= 4 is 52.6 Å². The van der Waals surface area contributed by atoms with Crippen LogP contribution in [0.1, 0.15) is 25.8 Å². The summed E-state index contributed by atoms with van der Waals surface area (Å²) < 4.78 is 27.4. The number of nitrogens with two attached hydrogens (primary N) is 1. The molecule has 0 spiro atoms. The number of nitrogens with one attached hydrogen (secondary N) is 1. The third-order valence-electron chi connectivity index (χ3n) is 5.69. The summed E-state index contributed by atoms with van der Waals surface area (Å²) in [5.41, 5.74) is 7.23. The number of benzene rings is 1. The van der Waals surface area contributed by atoms with Gasteiger partial charge in [0.05, 0.1) is 12.9 Å². The number of nitrogen functional groups attached to an aromatic ring is 1. The molecule has 0 radical (unpaired) electrons. The van der Waals surface area contributed by atoms with Gasteiger partial charge in [-0.2, -0.15) is 15.1 Å². The lowest BCUT2D eigenvalue weighted by Crippen LogP contribution is -2.35. The van der Waals surface area contributed by atoms with Gasteiger partial charge < -0.3 is 24.8 Å². The number of carboxylic acid groups (broad SMARTS) is 1. The van der Waals surface area contributed by atoms with E-state index in [0.29, 0.717) is 22.7 Å². The molecule has 0 bridgehead atoms. The molecule has 188 valence electrons. The smallest absolute Gasteiger partial charge is 0.459 e. The highest BCUT2D eigenvalue weighted by Crippen LogP contribution is 2.48. The van der Waals surface area contributed by atoms with Gasteiger partial charge in [0.2, 0.25) is 5.95 Å². The van der Waals surface area contributed by atoms with Gasteiger partial charge in [0.15, 0.2) is 17.0 Å². The van der Waals surface area contributed by atoms with E-state index in [2.05, 4.69) is 36.0 Å². The van der Waals surface area contributed by atoms with E-state index < -0.39 is 19.8 Å². The first-order valence-corrected chi connectivity index (χ1v) is 13.3. The molecule has 1 aliphatic rings. The van der Waals surface area contributed by atoms with Crippen LogP contribution in [0.25, 0.3) is 11.2 Å². The summed E-state index contributed by atoms with van der Waals surface area (Å²) in [5.74, 6) is 0.0462. The summed E-state index contributed by atoms with van der Waals surface area (Å²) >= 11 is 3.33. The average Bonchev–Trinajstić information content (AvgIpc) is 3.16. The highest BCUT2D eigenvalue weighted by atomic mass is 79.9. The fourth-order valence-corrected chi connectivity index (χ4v) is 5.62. The van der Waals surface area contributed by atoms with Gasteiger partial charge in [0.25, 0.3) is 0 Å². The monoisotopic (exact) mass is 567 g/mol. The summed E-state index contributed by atoms with van der Waals surface area (Å²) in [7, 11) is -0.219. The molecule has 2 unspecified atom stereocenters. The fraction of sp³-hybridized carbons (Fsp3) is 0.429. The zero-order valence-electron chi connectivity index (χ0n) is 19.5. The SMILES string of the molecule is CC(NP(=O)(OC[C@H]1C[C@@H](n2cnc3c(N(C)C)nc(N)nc32)C1)Oc1ccc(Br)cc1)C(=O)O. The van der Waals surface area contributed by atoms with Gasteiger partial charge in [-0.15, -0.1) is 0 Å². The molecule has 2 atom stereocenters. The van der Waals surface area contributed by atoms with E-state index in [4.69, 9.17) is 14.8 Å². The molecule has 35 heavy (non-hydrogen) atoms. The highest BCUT2D eigenvalue weighted by molar-refractivity contribution is 9.10. The number of aromatic nitrogens is 4. The Kier molecular flexibility index (Phi) is 7.32. The number of imidazole rings is 1. The van der Waals surface area contributed by atoms with Gasteiger partial charge in [-0.1, -0.05) is 15.9 Å². The predicted molar refractivity (Wildman–Crippen MR) is 134 cm³/mol. The van der Waals surface area contributed by atoms with Crippen LogP contribution in [0.2, 0.25) is 0 Å². The summed E-state index contributed by atoms with van der Waals surface area (Å²) in [6.07, 6.45) is 3.20. The second-order valence-electron chi connectivity index (χ2n) is 8.64. The zero-order chi connectivity index (χ0) is 25.3. The van der Waals surface area contributed by atoms with Crippen LogP contribution in [-0.2, 0) is 13.9 Å². The summed E-state index contributed by atoms with van der Waals surface area (Å²) in [6.45, 7) is 1.51. The van der Waals surface area contributed by atoms with Gasteiger partial charge >= 0.3 is 13.7 Å². The van der Waals surface area contributed by atoms with Crippen LogP contribution >= 0.6 is 23.7 Å². The third kappa shape index (κ3) is 5.75. The van der Waals surface area contributed by atoms with Crippen molar-refractivity contribution in [3.05, 3.63) is 35.1 Å². The van der Waals surface area contributed by atoms with E-state index in [-0.39, 0.29) is 24.5 Å². The van der Waals surface area contributed by atoms with E-state index in [9.17, 15) is 14.5 Å². The van der Waals surface area contributed by atoms with Gasteiger partial charge in [-0.3, -0.25) is 9.32 Å². The minimum absolute atomic E-state index is 0.0914. The summed E-state index contributed by atoms with van der Waals surface area (Å²) in [6, 6.07) is 5.68. The molecular formula is C21H27BrN7O5P. The van der Waals surface area contributed by atoms with Gasteiger partial charge in [-0.05, 0) is 49.9 Å². The number of anilines is 2. The number of fused-ring (bicyclic) bond motifs is 1. The first-order valence-electron chi connectivity index (χ1n) is 10.9. The number of hydrogen-bond donors (Lipinski definition) is 3. The molecule has 4 N–H and O–H groups in total. The van der Waals surface area contributed by atoms with Crippen LogP contribution in [-0.4, -0.2) is 57.3 Å². The first-order chi connectivity index (χ1) is 16.5. The molecular weight excluding hydrogens is 541 g/mol. The zero-order valence-corrected chi connectivity index (χ0v) is 21.9. The Hall–Kier alpha value is -2.73. The molecule has 0 saturated heterocycles. The van der Waals surface area contributed by atoms with E-state index in [1.54, 1.807) is 30.6 Å². The molecule has 2 heterocycles. The Morgan fingerprint density at radius 1 is 1.34 bits per heavy atom. The number of hydrogen-bond acceptors (Lipinski definition) is 9. The third-order valence-corrected chi connectivity index (χ3v) is 7.86. The topological polar surface area (TPSA) is 158 Å². The second kappa shape index (κ2) is 10.1. The van der Waals surface area contributed by atoms with Gasteiger partial charge in [0.1, 0.15) is 11.8 Å². The van der Waals surface area contributed by atoms with Crippen molar-refractivity contribution in [2.75, 3.05) is 31.3 Å². The van der Waals surface area contributed by atoms with Crippen molar-refractivity contribution in [2.45, 2.75) is 31.8 Å². The van der Waals surface area contributed by atoms with Crippen LogP contribution in [0, 0.1) is 5.92 Å². The number of aliphatic carboxylic acids is 1.